The van der Waals surface area contributed by atoms with Gasteiger partial charge in [-0.1, -0.05) is 13.8 Å². The van der Waals surface area contributed by atoms with Gasteiger partial charge in [-0.15, -0.1) is 22.7 Å². The fourth-order valence-electron chi connectivity index (χ4n) is 3.87. The Bertz CT molecular complexity index is 1200. The third-order valence-corrected chi connectivity index (χ3v) is 7.84. The van der Waals surface area contributed by atoms with Crippen LogP contribution in [-0.4, -0.2) is 29.3 Å². The Morgan fingerprint density at radius 2 is 1.66 bits per heavy atom. The molecule has 1 amide bonds. The van der Waals surface area contributed by atoms with Gasteiger partial charge in [0.15, 0.2) is 5.78 Å². The van der Waals surface area contributed by atoms with Crippen molar-refractivity contribution in [3.8, 4) is 16.2 Å². The molecule has 6 nitrogen and oxygen atoms in total. The summed E-state index contributed by atoms with van der Waals surface area (Å²) in [6, 6.07) is 11.6. The van der Waals surface area contributed by atoms with Crippen molar-refractivity contribution in [3.05, 3.63) is 62.2 Å². The van der Waals surface area contributed by atoms with E-state index in [1.165, 1.54) is 22.7 Å². The van der Waals surface area contributed by atoms with Gasteiger partial charge >= 0.3 is 5.97 Å². The van der Waals surface area contributed by atoms with Crippen LogP contribution in [0.15, 0.2) is 36.4 Å². The van der Waals surface area contributed by atoms with E-state index in [1.54, 1.807) is 13.0 Å². The van der Waals surface area contributed by atoms with Gasteiger partial charge in [-0.2, -0.15) is 0 Å². The fraction of sp³-hybridized carbons (Fsp3) is 0.370. The van der Waals surface area contributed by atoms with Crippen LogP contribution in [0, 0.1) is 19.8 Å². The van der Waals surface area contributed by atoms with Crippen molar-refractivity contribution in [2.45, 2.75) is 53.6 Å². The van der Waals surface area contributed by atoms with Gasteiger partial charge in [-0.3, -0.25) is 14.4 Å². The highest BCUT2D eigenvalue weighted by atomic mass is 32.1. The molecule has 8 heteroatoms. The zero-order chi connectivity index (χ0) is 25.7. The molecule has 0 aliphatic heterocycles. The molecule has 0 spiro atoms. The number of amides is 1. The lowest BCUT2D eigenvalue weighted by molar-refractivity contribution is -0.136. The molecule has 2 N–H and O–H groups in total. The molecule has 0 fully saturated rings. The number of hydrogen-bond acceptors (Lipinski definition) is 6. The van der Waals surface area contributed by atoms with Crippen LogP contribution < -0.4 is 10.1 Å². The van der Waals surface area contributed by atoms with E-state index in [1.807, 2.05) is 44.2 Å². The lowest BCUT2D eigenvalue weighted by Gasteiger charge is -2.21. The molecule has 3 rings (SSSR count). The normalized spacial score (nSPS) is 11.9. The van der Waals surface area contributed by atoms with E-state index in [4.69, 9.17) is 9.84 Å². The molecule has 0 radical (unpaired) electrons. The smallest absolute Gasteiger partial charge is 0.305 e. The van der Waals surface area contributed by atoms with Crippen LogP contribution in [0.4, 0.5) is 0 Å². The molecular formula is C27H31NO5S2. The van der Waals surface area contributed by atoms with E-state index in [-0.39, 0.29) is 30.8 Å². The first-order chi connectivity index (χ1) is 16.5. The zero-order valence-electron chi connectivity index (χ0n) is 20.6. The third kappa shape index (κ3) is 7.02. The first-order valence-electron chi connectivity index (χ1n) is 11.5. The molecule has 35 heavy (non-hydrogen) atoms. The van der Waals surface area contributed by atoms with Gasteiger partial charge in [0, 0.05) is 16.3 Å². The molecule has 186 valence electrons. The number of carboxylic acids is 1. The Hall–Kier alpha value is -2.97. The number of carboxylic acid groups (broad SMARTS) is 1. The molecule has 1 aromatic carbocycles. The van der Waals surface area contributed by atoms with Crippen LogP contribution in [0.25, 0.3) is 10.4 Å². The maximum absolute atomic E-state index is 12.4. The molecular weight excluding hydrogens is 482 g/mol. The summed E-state index contributed by atoms with van der Waals surface area (Å²) < 4.78 is 6.46. The Labute approximate surface area is 214 Å². The summed E-state index contributed by atoms with van der Waals surface area (Å²) in [7, 11) is 0. The number of ketones is 1. The van der Waals surface area contributed by atoms with Gasteiger partial charge in [-0.05, 0) is 86.2 Å². The molecule has 0 saturated heterocycles. The number of ether oxygens (including phenoxy) is 1. The maximum atomic E-state index is 12.4. The number of carbonyl (C=O) groups is 3. The molecule has 1 atom stereocenters. The zero-order valence-corrected chi connectivity index (χ0v) is 22.3. The van der Waals surface area contributed by atoms with Gasteiger partial charge in [0.2, 0.25) is 0 Å². The maximum Gasteiger partial charge on any atom is 0.305 e. The number of aryl methyl sites for hydroxylation is 2. The summed E-state index contributed by atoms with van der Waals surface area (Å²) in [5.74, 6) is -0.00896. The van der Waals surface area contributed by atoms with E-state index >= 15 is 0 Å². The van der Waals surface area contributed by atoms with Gasteiger partial charge in [-0.25, -0.2) is 0 Å². The van der Waals surface area contributed by atoms with Crippen molar-refractivity contribution in [3.63, 3.8) is 0 Å². The number of hydrogen-bond donors (Lipinski definition) is 2. The summed E-state index contributed by atoms with van der Waals surface area (Å²) in [6.45, 7) is 10.0. The standard InChI is InChI=1S/C27H31NO5S2/c1-15(2)12-20(22-7-9-24(35-22)27(32)28-11-10-25(30)31)33-19-13-16(3)26(17(4)14-19)23-8-6-21(34-23)18(5)29/h6-9,13-15,20H,10-12H2,1-5H3,(H,28,32)(H,30,31). The topological polar surface area (TPSA) is 92.7 Å². The lowest BCUT2D eigenvalue weighted by Crippen LogP contribution is -2.25. The van der Waals surface area contributed by atoms with E-state index in [0.29, 0.717) is 10.8 Å². The average Bonchev–Trinajstić information content (AvgIpc) is 3.42. The van der Waals surface area contributed by atoms with Crippen molar-refractivity contribution >= 4 is 40.3 Å². The SMILES string of the molecule is CC(=O)c1ccc(-c2c(C)cc(OC(CC(C)C)c3ccc(C(=O)NCCC(=O)O)s3)cc2C)s1. The van der Waals surface area contributed by atoms with Crippen LogP contribution in [0.1, 0.15) is 75.1 Å². The van der Waals surface area contributed by atoms with E-state index in [2.05, 4.69) is 19.2 Å². The monoisotopic (exact) mass is 513 g/mol. The summed E-state index contributed by atoms with van der Waals surface area (Å²) in [4.78, 5) is 38.1. The second-order valence-electron chi connectivity index (χ2n) is 8.99. The van der Waals surface area contributed by atoms with Crippen molar-refractivity contribution in [2.75, 3.05) is 6.54 Å². The van der Waals surface area contributed by atoms with E-state index in [9.17, 15) is 14.4 Å². The number of rotatable bonds is 11. The summed E-state index contributed by atoms with van der Waals surface area (Å²) in [6.07, 6.45) is 0.461. The van der Waals surface area contributed by atoms with Crippen molar-refractivity contribution in [1.82, 2.24) is 5.32 Å². The van der Waals surface area contributed by atoms with Crippen LogP contribution in [0.5, 0.6) is 5.75 Å². The fourth-order valence-corrected chi connectivity index (χ4v) is 5.92. The average molecular weight is 514 g/mol. The summed E-state index contributed by atoms with van der Waals surface area (Å²) in [5, 5.41) is 11.4. The molecule has 0 bridgehead atoms. The van der Waals surface area contributed by atoms with Crippen LogP contribution in [0.3, 0.4) is 0 Å². The first-order valence-corrected chi connectivity index (χ1v) is 13.2. The minimum absolute atomic E-state index is 0.0684. The minimum atomic E-state index is -0.947. The highest BCUT2D eigenvalue weighted by Gasteiger charge is 2.21. The number of thiophene rings is 2. The largest absolute Gasteiger partial charge is 0.485 e. The quantitative estimate of drug-likeness (QED) is 0.280. The molecule has 3 aromatic rings. The minimum Gasteiger partial charge on any atom is -0.485 e. The number of aliphatic carboxylic acids is 1. The number of carbonyl (C=O) groups excluding carboxylic acids is 2. The Balaban J connectivity index is 1.81. The second kappa shape index (κ2) is 11.6. The Morgan fingerprint density at radius 1 is 1.00 bits per heavy atom. The van der Waals surface area contributed by atoms with Crippen molar-refractivity contribution in [2.24, 2.45) is 5.92 Å². The van der Waals surface area contributed by atoms with Gasteiger partial charge < -0.3 is 15.2 Å². The van der Waals surface area contributed by atoms with Crippen LogP contribution in [-0.2, 0) is 4.79 Å². The van der Waals surface area contributed by atoms with Gasteiger partial charge in [0.25, 0.3) is 5.91 Å². The highest BCUT2D eigenvalue weighted by Crippen LogP contribution is 2.38. The van der Waals surface area contributed by atoms with E-state index in [0.717, 1.165) is 43.5 Å². The third-order valence-electron chi connectivity index (χ3n) is 5.46. The predicted octanol–water partition coefficient (Wildman–Crippen LogP) is 6.67. The Morgan fingerprint density at radius 3 is 2.23 bits per heavy atom. The van der Waals surface area contributed by atoms with Crippen molar-refractivity contribution in [1.29, 1.82) is 0 Å². The van der Waals surface area contributed by atoms with Crippen LogP contribution in [0.2, 0.25) is 0 Å². The molecule has 2 heterocycles. The number of nitrogens with one attached hydrogen (secondary N) is 1. The van der Waals surface area contributed by atoms with E-state index < -0.39 is 5.97 Å². The van der Waals surface area contributed by atoms with Gasteiger partial charge in [0.05, 0.1) is 16.2 Å². The van der Waals surface area contributed by atoms with Gasteiger partial charge in [0.1, 0.15) is 11.9 Å². The number of benzene rings is 1. The van der Waals surface area contributed by atoms with Crippen molar-refractivity contribution < 1.29 is 24.2 Å². The molecule has 0 aliphatic carbocycles. The molecule has 2 aromatic heterocycles. The summed E-state index contributed by atoms with van der Waals surface area (Å²) in [5.41, 5.74) is 3.27. The summed E-state index contributed by atoms with van der Waals surface area (Å²) >= 11 is 2.87. The predicted molar refractivity (Wildman–Crippen MR) is 141 cm³/mol. The first kappa shape index (κ1) is 26.6. The molecule has 0 aliphatic rings. The number of Topliss-reactive ketones (excluding diaryl/α,β-unsaturated/α-hetero) is 1. The Kier molecular flexibility index (Phi) is 8.86. The second-order valence-corrected chi connectivity index (χ2v) is 11.2. The van der Waals surface area contributed by atoms with Crippen LogP contribution >= 0.6 is 22.7 Å². The molecule has 1 unspecified atom stereocenters. The molecule has 0 saturated carbocycles. The highest BCUT2D eigenvalue weighted by molar-refractivity contribution is 7.17. The lowest BCUT2D eigenvalue weighted by atomic mass is 10.0.